The van der Waals surface area contributed by atoms with E-state index in [1.54, 1.807) is 6.26 Å². The third-order valence-electron chi connectivity index (χ3n) is 3.58. The van der Waals surface area contributed by atoms with Crippen molar-refractivity contribution in [2.45, 2.75) is 25.4 Å². The predicted molar refractivity (Wildman–Crippen MR) is 85.1 cm³/mol. The van der Waals surface area contributed by atoms with Crippen molar-refractivity contribution in [2.24, 2.45) is 0 Å². The molecule has 2 aromatic carbocycles. The van der Waals surface area contributed by atoms with Gasteiger partial charge in [-0.05, 0) is 17.2 Å². The van der Waals surface area contributed by atoms with Crippen molar-refractivity contribution in [3.8, 4) is 0 Å². The van der Waals surface area contributed by atoms with Crippen LogP contribution in [0.4, 0.5) is 0 Å². The fourth-order valence-electron chi connectivity index (χ4n) is 2.35. The highest BCUT2D eigenvalue weighted by Crippen LogP contribution is 2.16. The highest BCUT2D eigenvalue weighted by atomic mass is 16.6. The monoisotopic (exact) mass is 296 g/mol. The van der Waals surface area contributed by atoms with Crippen LogP contribution in [0.3, 0.4) is 0 Å². The predicted octanol–water partition coefficient (Wildman–Crippen LogP) is 3.70. The Morgan fingerprint density at radius 1 is 0.818 bits per heavy atom. The third kappa shape index (κ3) is 4.20. The van der Waals surface area contributed by atoms with E-state index in [1.807, 2.05) is 42.5 Å². The molecule has 0 unspecified atom stereocenters. The molecule has 0 aromatic heterocycles. The van der Waals surface area contributed by atoms with Crippen LogP contribution < -0.4 is 0 Å². The van der Waals surface area contributed by atoms with E-state index >= 15 is 0 Å². The van der Waals surface area contributed by atoms with Crippen molar-refractivity contribution in [2.75, 3.05) is 6.61 Å². The summed E-state index contributed by atoms with van der Waals surface area (Å²) in [4.78, 5) is 0. The highest BCUT2D eigenvalue weighted by Gasteiger charge is 2.24. The largest absolute Gasteiger partial charge is 0.499 e. The Morgan fingerprint density at radius 2 is 1.41 bits per heavy atom. The first kappa shape index (κ1) is 14.8. The van der Waals surface area contributed by atoms with Gasteiger partial charge < -0.3 is 14.2 Å². The summed E-state index contributed by atoms with van der Waals surface area (Å²) >= 11 is 0. The Bertz CT molecular complexity index is 580. The van der Waals surface area contributed by atoms with Crippen molar-refractivity contribution >= 4 is 0 Å². The van der Waals surface area contributed by atoms with E-state index in [0.717, 1.165) is 11.1 Å². The molecule has 1 heterocycles. The van der Waals surface area contributed by atoms with Gasteiger partial charge in [-0.3, -0.25) is 0 Å². The first-order valence-electron chi connectivity index (χ1n) is 7.51. The zero-order valence-corrected chi connectivity index (χ0v) is 12.4. The quantitative estimate of drug-likeness (QED) is 0.813. The first-order valence-corrected chi connectivity index (χ1v) is 7.51. The van der Waals surface area contributed by atoms with Gasteiger partial charge in [0, 0.05) is 0 Å². The lowest BCUT2D eigenvalue weighted by Crippen LogP contribution is -2.36. The van der Waals surface area contributed by atoms with Crippen molar-refractivity contribution in [1.82, 2.24) is 0 Å². The molecule has 2 aromatic rings. The van der Waals surface area contributed by atoms with Gasteiger partial charge in [0.15, 0.2) is 0 Å². The highest BCUT2D eigenvalue weighted by molar-refractivity contribution is 5.14. The molecular formula is C19H20O3. The molecule has 3 nitrogen and oxygen atoms in total. The van der Waals surface area contributed by atoms with Crippen molar-refractivity contribution in [1.29, 1.82) is 0 Å². The van der Waals surface area contributed by atoms with Crippen LogP contribution in [0.25, 0.3) is 0 Å². The Labute approximate surface area is 131 Å². The minimum atomic E-state index is -0.0890. The summed E-state index contributed by atoms with van der Waals surface area (Å²) in [5, 5.41) is 0. The van der Waals surface area contributed by atoms with Crippen LogP contribution >= 0.6 is 0 Å². The summed E-state index contributed by atoms with van der Waals surface area (Å²) < 4.78 is 17.3. The molecule has 0 N–H and O–H groups in total. The topological polar surface area (TPSA) is 27.7 Å². The molecule has 0 saturated heterocycles. The SMILES string of the molecule is C1=C[C@@H](OCc2ccccc2)[C@H](OCc2ccccc2)CO1. The molecule has 0 spiro atoms. The molecule has 2 atom stereocenters. The summed E-state index contributed by atoms with van der Waals surface area (Å²) in [6, 6.07) is 20.3. The Balaban J connectivity index is 1.54. The van der Waals surface area contributed by atoms with Crippen molar-refractivity contribution < 1.29 is 14.2 Å². The average Bonchev–Trinajstić information content (AvgIpc) is 2.61. The molecule has 0 fully saturated rings. The van der Waals surface area contributed by atoms with Gasteiger partial charge in [-0.2, -0.15) is 0 Å². The summed E-state index contributed by atoms with van der Waals surface area (Å²) in [6.07, 6.45) is 3.44. The second-order valence-corrected chi connectivity index (χ2v) is 5.26. The number of hydrogen-bond donors (Lipinski definition) is 0. The van der Waals surface area contributed by atoms with Crippen molar-refractivity contribution in [3.63, 3.8) is 0 Å². The van der Waals surface area contributed by atoms with Gasteiger partial charge >= 0.3 is 0 Å². The van der Waals surface area contributed by atoms with Gasteiger partial charge in [-0.15, -0.1) is 0 Å². The van der Waals surface area contributed by atoms with Crippen LogP contribution in [-0.4, -0.2) is 18.8 Å². The van der Waals surface area contributed by atoms with Crippen molar-refractivity contribution in [3.05, 3.63) is 84.1 Å². The summed E-state index contributed by atoms with van der Waals surface area (Å²) in [5.74, 6) is 0. The molecule has 0 saturated carbocycles. The van der Waals surface area contributed by atoms with E-state index in [1.165, 1.54) is 0 Å². The van der Waals surface area contributed by atoms with Crippen LogP contribution in [0, 0.1) is 0 Å². The molecule has 22 heavy (non-hydrogen) atoms. The fraction of sp³-hybridized carbons (Fsp3) is 0.263. The standard InChI is InChI=1S/C19H20O3/c1-3-7-16(8-4-1)13-21-18-11-12-20-15-19(18)22-14-17-9-5-2-6-10-17/h1-12,18-19H,13-15H2/t18-,19-/m1/s1. The molecule has 0 bridgehead atoms. The lowest BCUT2D eigenvalue weighted by molar-refractivity contribution is -0.0966. The van der Waals surface area contributed by atoms with Crippen LogP contribution in [0.1, 0.15) is 11.1 Å². The van der Waals surface area contributed by atoms with E-state index < -0.39 is 0 Å². The second-order valence-electron chi connectivity index (χ2n) is 5.26. The number of rotatable bonds is 6. The van der Waals surface area contributed by atoms with Crippen LogP contribution in [0.5, 0.6) is 0 Å². The fourth-order valence-corrected chi connectivity index (χ4v) is 2.35. The normalized spacial score (nSPS) is 20.5. The molecular weight excluding hydrogens is 276 g/mol. The summed E-state index contributed by atoms with van der Waals surface area (Å²) in [5.41, 5.74) is 2.31. The number of hydrogen-bond acceptors (Lipinski definition) is 3. The van der Waals surface area contributed by atoms with E-state index in [0.29, 0.717) is 19.8 Å². The lowest BCUT2D eigenvalue weighted by Gasteiger charge is -2.28. The lowest BCUT2D eigenvalue weighted by atomic mass is 10.1. The van der Waals surface area contributed by atoms with Gasteiger partial charge in [0.25, 0.3) is 0 Å². The minimum Gasteiger partial charge on any atom is -0.499 e. The van der Waals surface area contributed by atoms with Gasteiger partial charge in [-0.1, -0.05) is 60.7 Å². The maximum atomic E-state index is 5.98. The number of benzene rings is 2. The minimum absolute atomic E-state index is 0.0855. The molecule has 0 amide bonds. The van der Waals surface area contributed by atoms with Gasteiger partial charge in [0.1, 0.15) is 18.8 Å². The molecule has 0 aliphatic carbocycles. The average molecular weight is 296 g/mol. The van der Waals surface area contributed by atoms with E-state index in [2.05, 4.69) is 24.3 Å². The second kappa shape index (κ2) is 7.78. The van der Waals surface area contributed by atoms with Gasteiger partial charge in [-0.25, -0.2) is 0 Å². The van der Waals surface area contributed by atoms with Crippen LogP contribution in [0.2, 0.25) is 0 Å². The summed E-state index contributed by atoms with van der Waals surface area (Å²) in [7, 11) is 0. The Hall–Kier alpha value is -2.10. The van der Waals surface area contributed by atoms with Crippen LogP contribution in [0.15, 0.2) is 73.0 Å². The Morgan fingerprint density at radius 3 is 2.05 bits per heavy atom. The molecule has 1 aliphatic rings. The van der Waals surface area contributed by atoms with E-state index in [4.69, 9.17) is 14.2 Å². The zero-order chi connectivity index (χ0) is 15.0. The summed E-state index contributed by atoms with van der Waals surface area (Å²) in [6.45, 7) is 1.65. The van der Waals surface area contributed by atoms with Gasteiger partial charge in [0.05, 0.1) is 19.5 Å². The van der Waals surface area contributed by atoms with Gasteiger partial charge in [0.2, 0.25) is 0 Å². The van der Waals surface area contributed by atoms with E-state index in [-0.39, 0.29) is 12.2 Å². The molecule has 3 rings (SSSR count). The first-order chi connectivity index (χ1) is 10.9. The van der Waals surface area contributed by atoms with Crippen LogP contribution in [-0.2, 0) is 27.4 Å². The zero-order valence-electron chi connectivity index (χ0n) is 12.4. The third-order valence-corrected chi connectivity index (χ3v) is 3.58. The van der Waals surface area contributed by atoms with E-state index in [9.17, 15) is 0 Å². The maximum Gasteiger partial charge on any atom is 0.122 e. The molecule has 3 heteroatoms. The number of ether oxygens (including phenoxy) is 3. The smallest absolute Gasteiger partial charge is 0.122 e. The maximum absolute atomic E-state index is 5.98. The Kier molecular flexibility index (Phi) is 5.24. The molecule has 1 aliphatic heterocycles. The molecule has 0 radical (unpaired) electrons. The molecule has 114 valence electrons.